The van der Waals surface area contributed by atoms with Gasteiger partial charge in [-0.2, -0.15) is 0 Å². The third-order valence-electron chi connectivity index (χ3n) is 5.66. The summed E-state index contributed by atoms with van der Waals surface area (Å²) < 4.78 is 0. The quantitative estimate of drug-likeness (QED) is 0.416. The first-order chi connectivity index (χ1) is 13.8. The molecule has 6 nitrogen and oxygen atoms in total. The summed E-state index contributed by atoms with van der Waals surface area (Å²) in [5, 5.41) is 8.79. The van der Waals surface area contributed by atoms with Crippen molar-refractivity contribution in [3.63, 3.8) is 0 Å². The molecule has 7 heteroatoms. The standard InChI is InChI=1S/C21H35N5OS/c1-22-21(23-10-6-14-25-12-4-2-3-5-13-25)24-11-7-20(27)26-15-8-19-18(17-26)9-16-28-19/h9,16H,2-8,10-15,17H2,1H3,(H2,22,23,24). The van der Waals surface area contributed by atoms with Gasteiger partial charge in [-0.15, -0.1) is 11.3 Å². The second kappa shape index (κ2) is 11.4. The van der Waals surface area contributed by atoms with Gasteiger partial charge in [-0.25, -0.2) is 0 Å². The highest BCUT2D eigenvalue weighted by atomic mass is 32.1. The van der Waals surface area contributed by atoms with Crippen LogP contribution in [0.2, 0.25) is 0 Å². The molecule has 1 saturated heterocycles. The number of hydrogen-bond acceptors (Lipinski definition) is 4. The molecule has 2 N–H and O–H groups in total. The molecule has 0 aliphatic carbocycles. The Balaban J connectivity index is 1.28. The molecule has 1 fully saturated rings. The van der Waals surface area contributed by atoms with Gasteiger partial charge in [0.25, 0.3) is 0 Å². The average molecular weight is 406 g/mol. The first-order valence-electron chi connectivity index (χ1n) is 10.8. The normalized spacial score (nSPS) is 18.5. The number of hydrogen-bond donors (Lipinski definition) is 2. The summed E-state index contributed by atoms with van der Waals surface area (Å²) in [4.78, 5) is 22.8. The van der Waals surface area contributed by atoms with Gasteiger partial charge in [0, 0.05) is 44.5 Å². The molecule has 0 bridgehead atoms. The van der Waals surface area contributed by atoms with Gasteiger partial charge in [0.1, 0.15) is 0 Å². The molecule has 3 rings (SSSR count). The minimum atomic E-state index is 0.223. The molecular formula is C21H35N5OS. The molecule has 3 heterocycles. The number of amides is 1. The number of rotatable bonds is 7. The molecule has 156 valence electrons. The van der Waals surface area contributed by atoms with Gasteiger partial charge in [0.05, 0.1) is 0 Å². The molecule has 0 aromatic carbocycles. The van der Waals surface area contributed by atoms with Gasteiger partial charge >= 0.3 is 0 Å². The number of carbonyl (C=O) groups is 1. The SMILES string of the molecule is CN=C(NCCCN1CCCCCC1)NCCC(=O)N1CCc2sccc2C1. The molecule has 0 atom stereocenters. The van der Waals surface area contributed by atoms with E-state index in [9.17, 15) is 4.79 Å². The van der Waals surface area contributed by atoms with Gasteiger partial charge in [0.15, 0.2) is 5.96 Å². The van der Waals surface area contributed by atoms with Crippen LogP contribution in [-0.2, 0) is 17.8 Å². The van der Waals surface area contributed by atoms with E-state index < -0.39 is 0 Å². The van der Waals surface area contributed by atoms with Crippen LogP contribution in [0.25, 0.3) is 0 Å². The van der Waals surface area contributed by atoms with Crippen LogP contribution in [0.15, 0.2) is 16.4 Å². The molecule has 1 aromatic rings. The van der Waals surface area contributed by atoms with Crippen LogP contribution in [-0.4, -0.2) is 68.0 Å². The van der Waals surface area contributed by atoms with Crippen LogP contribution in [0, 0.1) is 0 Å². The first-order valence-corrected chi connectivity index (χ1v) is 11.6. The summed E-state index contributed by atoms with van der Waals surface area (Å²) in [6.07, 6.45) is 8.08. The predicted molar refractivity (Wildman–Crippen MR) is 117 cm³/mol. The highest BCUT2D eigenvalue weighted by Gasteiger charge is 2.21. The molecule has 2 aliphatic heterocycles. The fourth-order valence-electron chi connectivity index (χ4n) is 4.00. The Labute approximate surface area is 173 Å². The third kappa shape index (κ3) is 6.48. The zero-order valence-corrected chi connectivity index (χ0v) is 18.0. The average Bonchev–Trinajstić information content (AvgIpc) is 3.03. The fourth-order valence-corrected chi connectivity index (χ4v) is 4.89. The minimum Gasteiger partial charge on any atom is -0.356 e. The molecule has 0 radical (unpaired) electrons. The molecule has 1 amide bonds. The number of thiophene rings is 1. The summed E-state index contributed by atoms with van der Waals surface area (Å²) >= 11 is 1.81. The van der Waals surface area contributed by atoms with Gasteiger partial charge in [-0.1, -0.05) is 12.8 Å². The van der Waals surface area contributed by atoms with Gasteiger partial charge < -0.3 is 20.4 Å². The van der Waals surface area contributed by atoms with E-state index in [0.29, 0.717) is 13.0 Å². The van der Waals surface area contributed by atoms with E-state index >= 15 is 0 Å². The lowest BCUT2D eigenvalue weighted by molar-refractivity contribution is -0.131. The number of carbonyl (C=O) groups excluding carboxylic acids is 1. The van der Waals surface area contributed by atoms with Crippen LogP contribution < -0.4 is 10.6 Å². The summed E-state index contributed by atoms with van der Waals surface area (Å²) in [5.74, 6) is 1.02. The maximum Gasteiger partial charge on any atom is 0.224 e. The van der Waals surface area contributed by atoms with E-state index in [2.05, 4.69) is 32.0 Å². The van der Waals surface area contributed by atoms with Crippen molar-refractivity contribution in [1.29, 1.82) is 0 Å². The Hall–Kier alpha value is -1.60. The van der Waals surface area contributed by atoms with Crippen molar-refractivity contribution in [3.8, 4) is 0 Å². The van der Waals surface area contributed by atoms with Crippen LogP contribution >= 0.6 is 11.3 Å². The van der Waals surface area contributed by atoms with E-state index in [1.807, 2.05) is 4.90 Å². The van der Waals surface area contributed by atoms with Crippen molar-refractivity contribution >= 4 is 23.2 Å². The molecule has 28 heavy (non-hydrogen) atoms. The number of nitrogens with zero attached hydrogens (tertiary/aromatic N) is 3. The van der Waals surface area contributed by atoms with E-state index in [1.165, 1.54) is 49.2 Å². The van der Waals surface area contributed by atoms with Crippen molar-refractivity contribution in [1.82, 2.24) is 20.4 Å². The lowest BCUT2D eigenvalue weighted by Gasteiger charge is -2.27. The number of fused-ring (bicyclic) bond motifs is 1. The van der Waals surface area contributed by atoms with E-state index in [4.69, 9.17) is 0 Å². The lowest BCUT2D eigenvalue weighted by atomic mass is 10.1. The monoisotopic (exact) mass is 405 g/mol. The van der Waals surface area contributed by atoms with Crippen LogP contribution in [0.3, 0.4) is 0 Å². The van der Waals surface area contributed by atoms with Crippen molar-refractivity contribution in [2.75, 3.05) is 46.3 Å². The molecule has 1 aromatic heterocycles. The van der Waals surface area contributed by atoms with Gasteiger partial charge in [-0.05, 0) is 62.3 Å². The van der Waals surface area contributed by atoms with Crippen LogP contribution in [0.1, 0.15) is 49.0 Å². The van der Waals surface area contributed by atoms with E-state index in [-0.39, 0.29) is 5.91 Å². The molecule has 0 saturated carbocycles. The number of aliphatic imine (C=N–C) groups is 1. The summed E-state index contributed by atoms with van der Waals surface area (Å²) in [6.45, 7) is 6.80. The Kier molecular flexibility index (Phi) is 8.61. The van der Waals surface area contributed by atoms with Crippen LogP contribution in [0.4, 0.5) is 0 Å². The molecular weight excluding hydrogens is 370 g/mol. The highest BCUT2D eigenvalue weighted by molar-refractivity contribution is 7.10. The second-order valence-electron chi connectivity index (χ2n) is 7.72. The maximum atomic E-state index is 12.5. The Bertz CT molecular complexity index is 636. The largest absolute Gasteiger partial charge is 0.356 e. The highest BCUT2D eigenvalue weighted by Crippen LogP contribution is 2.24. The maximum absolute atomic E-state index is 12.5. The number of likely N-dealkylation sites (tertiary alicyclic amines) is 1. The van der Waals surface area contributed by atoms with Crippen molar-refractivity contribution in [3.05, 3.63) is 21.9 Å². The first kappa shape index (κ1) is 21.1. The zero-order chi connectivity index (χ0) is 19.6. The van der Waals surface area contributed by atoms with E-state index in [1.54, 1.807) is 18.4 Å². The number of nitrogens with one attached hydrogen (secondary N) is 2. The lowest BCUT2D eigenvalue weighted by Crippen LogP contribution is -2.41. The predicted octanol–water partition coefficient (Wildman–Crippen LogP) is 2.45. The smallest absolute Gasteiger partial charge is 0.224 e. The molecule has 2 aliphatic rings. The Morgan fingerprint density at radius 3 is 2.71 bits per heavy atom. The van der Waals surface area contributed by atoms with E-state index in [0.717, 1.165) is 45.0 Å². The Morgan fingerprint density at radius 2 is 1.93 bits per heavy atom. The summed E-state index contributed by atoms with van der Waals surface area (Å²) in [6, 6.07) is 2.15. The zero-order valence-electron chi connectivity index (χ0n) is 17.2. The molecule has 0 spiro atoms. The van der Waals surface area contributed by atoms with Crippen molar-refractivity contribution < 1.29 is 4.79 Å². The summed E-state index contributed by atoms with van der Waals surface area (Å²) in [5.41, 5.74) is 1.32. The topological polar surface area (TPSA) is 60.0 Å². The second-order valence-corrected chi connectivity index (χ2v) is 8.72. The number of guanidine groups is 1. The van der Waals surface area contributed by atoms with Gasteiger partial charge in [-0.3, -0.25) is 9.79 Å². The Morgan fingerprint density at radius 1 is 1.14 bits per heavy atom. The molecule has 0 unspecified atom stereocenters. The fraction of sp³-hybridized carbons (Fsp3) is 0.714. The van der Waals surface area contributed by atoms with Gasteiger partial charge in [0.2, 0.25) is 5.91 Å². The summed E-state index contributed by atoms with van der Waals surface area (Å²) in [7, 11) is 1.79. The third-order valence-corrected chi connectivity index (χ3v) is 6.68. The minimum absolute atomic E-state index is 0.223. The van der Waals surface area contributed by atoms with Crippen molar-refractivity contribution in [2.45, 2.75) is 51.5 Å². The van der Waals surface area contributed by atoms with Crippen molar-refractivity contribution in [2.24, 2.45) is 4.99 Å². The van der Waals surface area contributed by atoms with Crippen LogP contribution in [0.5, 0.6) is 0 Å².